The predicted molar refractivity (Wildman–Crippen MR) is 79.4 cm³/mol. The number of alkyl halides is 2. The van der Waals surface area contributed by atoms with Gasteiger partial charge in [0, 0.05) is 6.42 Å². The van der Waals surface area contributed by atoms with Crippen LogP contribution in [0.15, 0.2) is 23.3 Å². The second-order valence-corrected chi connectivity index (χ2v) is 4.53. The van der Waals surface area contributed by atoms with Crippen molar-refractivity contribution < 1.29 is 18.3 Å². The number of benzene rings is 1. The Balaban J connectivity index is 2.28. The topological polar surface area (TPSA) is 64.4 Å². The molecule has 0 aliphatic heterocycles. The largest absolute Gasteiger partial charge is 0.493 e. The quantitative estimate of drug-likeness (QED) is 0.654. The summed E-state index contributed by atoms with van der Waals surface area (Å²) in [5, 5.41) is 10.9. The number of aromatic amines is 1. The number of methoxy groups -OCH3 is 1. The molecule has 0 aliphatic rings. The molecule has 0 fully saturated rings. The first kappa shape index (κ1) is 16.1. The maximum absolute atomic E-state index is 12.3. The Bertz CT molecular complexity index is 727. The van der Waals surface area contributed by atoms with Gasteiger partial charge in [-0.25, -0.2) is 0 Å². The molecular weight excluding hydrogens is 314 g/mol. The molecule has 6 nitrogen and oxygen atoms in total. The number of hydrogen-bond acceptors (Lipinski definition) is 5. The molecule has 0 radical (unpaired) electrons. The number of nitrogens with one attached hydrogen (secondary N) is 1. The monoisotopic (exact) mass is 328 g/mol. The molecule has 2 aromatic rings. The van der Waals surface area contributed by atoms with Crippen LogP contribution in [-0.4, -0.2) is 34.8 Å². The van der Waals surface area contributed by atoms with Crippen LogP contribution in [0.1, 0.15) is 18.3 Å². The fourth-order valence-electron chi connectivity index (χ4n) is 1.75. The highest BCUT2D eigenvalue weighted by molar-refractivity contribution is 7.71. The van der Waals surface area contributed by atoms with E-state index in [0.717, 1.165) is 0 Å². The van der Waals surface area contributed by atoms with E-state index in [0.29, 0.717) is 22.6 Å². The normalized spacial score (nSPS) is 11.3. The van der Waals surface area contributed by atoms with Gasteiger partial charge in [0.05, 0.1) is 13.3 Å². The molecule has 2 rings (SSSR count). The van der Waals surface area contributed by atoms with Gasteiger partial charge in [-0.15, -0.1) is 0 Å². The van der Waals surface area contributed by atoms with Gasteiger partial charge >= 0.3 is 6.61 Å². The molecule has 118 valence electrons. The molecule has 1 aromatic carbocycles. The lowest BCUT2D eigenvalue weighted by molar-refractivity contribution is -0.0512. The summed E-state index contributed by atoms with van der Waals surface area (Å²) in [4.78, 5) is 0. The summed E-state index contributed by atoms with van der Waals surface area (Å²) >= 11 is 5.07. The van der Waals surface area contributed by atoms with Gasteiger partial charge in [-0.3, -0.25) is 5.10 Å². The molecule has 1 heterocycles. The molecule has 0 bridgehead atoms. The number of nitrogens with zero attached hydrogens (tertiary/aromatic N) is 3. The van der Waals surface area contributed by atoms with Crippen LogP contribution in [0.2, 0.25) is 0 Å². The van der Waals surface area contributed by atoms with Crippen molar-refractivity contribution in [3.05, 3.63) is 34.4 Å². The van der Waals surface area contributed by atoms with Crippen molar-refractivity contribution in [3.8, 4) is 11.5 Å². The molecule has 22 heavy (non-hydrogen) atoms. The van der Waals surface area contributed by atoms with Crippen molar-refractivity contribution in [1.29, 1.82) is 0 Å². The van der Waals surface area contributed by atoms with E-state index in [1.807, 2.05) is 6.92 Å². The number of H-pyrrole nitrogens is 1. The minimum atomic E-state index is -2.91. The Morgan fingerprint density at radius 1 is 1.45 bits per heavy atom. The van der Waals surface area contributed by atoms with Gasteiger partial charge in [-0.1, -0.05) is 6.92 Å². The van der Waals surface area contributed by atoms with Crippen molar-refractivity contribution in [1.82, 2.24) is 14.9 Å². The van der Waals surface area contributed by atoms with E-state index in [1.54, 1.807) is 6.07 Å². The van der Waals surface area contributed by atoms with Gasteiger partial charge in [0.15, 0.2) is 17.3 Å². The average molecular weight is 328 g/mol. The van der Waals surface area contributed by atoms with Gasteiger partial charge in [0.25, 0.3) is 0 Å². The third kappa shape index (κ3) is 3.67. The van der Waals surface area contributed by atoms with Crippen LogP contribution < -0.4 is 9.47 Å². The van der Waals surface area contributed by atoms with E-state index >= 15 is 0 Å². The molecule has 0 amide bonds. The number of hydrogen-bond donors (Lipinski definition) is 1. The number of halogens is 2. The van der Waals surface area contributed by atoms with E-state index in [9.17, 15) is 8.78 Å². The van der Waals surface area contributed by atoms with Crippen LogP contribution in [0.4, 0.5) is 8.78 Å². The smallest absolute Gasteiger partial charge is 0.387 e. The summed E-state index contributed by atoms with van der Waals surface area (Å²) in [6.07, 6.45) is 2.19. The van der Waals surface area contributed by atoms with Gasteiger partial charge in [0.2, 0.25) is 4.77 Å². The Labute approximate surface area is 130 Å². The standard InChI is InChI=1S/C13H14F2N4O2S/c1-3-11-17-18-13(22)19(11)16-7-8-4-5-9(21-12(14)15)10(6-8)20-2/h4-7,12H,3H2,1-2H3,(H,18,22)/b16-7+. The van der Waals surface area contributed by atoms with Crippen LogP contribution in [0.3, 0.4) is 0 Å². The number of aryl methyl sites for hydroxylation is 1. The molecule has 0 spiro atoms. The van der Waals surface area contributed by atoms with E-state index in [1.165, 1.54) is 30.1 Å². The number of ether oxygens (including phenoxy) is 2. The Morgan fingerprint density at radius 2 is 2.23 bits per heavy atom. The van der Waals surface area contributed by atoms with Crippen molar-refractivity contribution in [2.75, 3.05) is 7.11 Å². The minimum Gasteiger partial charge on any atom is -0.493 e. The zero-order chi connectivity index (χ0) is 16.1. The first-order valence-corrected chi connectivity index (χ1v) is 6.79. The van der Waals surface area contributed by atoms with Crippen LogP contribution in [0.5, 0.6) is 11.5 Å². The van der Waals surface area contributed by atoms with E-state index in [4.69, 9.17) is 17.0 Å². The zero-order valence-corrected chi connectivity index (χ0v) is 12.7. The fourth-order valence-corrected chi connectivity index (χ4v) is 1.95. The molecule has 0 atom stereocenters. The van der Waals surface area contributed by atoms with E-state index in [2.05, 4.69) is 20.0 Å². The molecule has 0 saturated heterocycles. The van der Waals surface area contributed by atoms with Crippen molar-refractivity contribution in [3.63, 3.8) is 0 Å². The number of aromatic nitrogens is 3. The van der Waals surface area contributed by atoms with Crippen molar-refractivity contribution in [2.24, 2.45) is 5.10 Å². The van der Waals surface area contributed by atoms with Crippen LogP contribution in [0, 0.1) is 4.77 Å². The fraction of sp³-hybridized carbons (Fsp3) is 0.308. The van der Waals surface area contributed by atoms with E-state index < -0.39 is 6.61 Å². The summed E-state index contributed by atoms with van der Waals surface area (Å²) < 4.78 is 35.8. The summed E-state index contributed by atoms with van der Waals surface area (Å²) in [7, 11) is 1.37. The minimum absolute atomic E-state index is 0.0381. The lowest BCUT2D eigenvalue weighted by atomic mass is 10.2. The van der Waals surface area contributed by atoms with Gasteiger partial charge in [0.1, 0.15) is 0 Å². The predicted octanol–water partition coefficient (Wildman–Crippen LogP) is 3.00. The molecule has 0 saturated carbocycles. The maximum Gasteiger partial charge on any atom is 0.387 e. The second kappa shape index (κ2) is 7.12. The van der Waals surface area contributed by atoms with Crippen LogP contribution in [-0.2, 0) is 6.42 Å². The Kier molecular flexibility index (Phi) is 5.21. The molecule has 1 N–H and O–H groups in total. The third-order valence-corrected chi connectivity index (χ3v) is 3.02. The summed E-state index contributed by atoms with van der Waals surface area (Å²) in [6.45, 7) is -0.985. The van der Waals surface area contributed by atoms with Crippen molar-refractivity contribution in [2.45, 2.75) is 20.0 Å². The average Bonchev–Trinajstić information content (AvgIpc) is 2.86. The highest BCUT2D eigenvalue weighted by Crippen LogP contribution is 2.28. The summed E-state index contributed by atoms with van der Waals surface area (Å²) in [5.41, 5.74) is 0.642. The Morgan fingerprint density at radius 3 is 2.86 bits per heavy atom. The molecular formula is C13H14F2N4O2S. The second-order valence-electron chi connectivity index (χ2n) is 4.14. The third-order valence-electron chi connectivity index (χ3n) is 2.76. The van der Waals surface area contributed by atoms with Gasteiger partial charge in [-0.05, 0) is 36.0 Å². The summed E-state index contributed by atoms with van der Waals surface area (Å²) in [5.74, 6) is 0.838. The van der Waals surface area contributed by atoms with Crippen LogP contribution in [0.25, 0.3) is 0 Å². The van der Waals surface area contributed by atoms with Gasteiger partial charge in [-0.2, -0.15) is 23.7 Å². The van der Waals surface area contributed by atoms with Crippen LogP contribution >= 0.6 is 12.2 Å². The van der Waals surface area contributed by atoms with Crippen molar-refractivity contribution >= 4 is 18.4 Å². The Hall–Kier alpha value is -2.29. The lowest BCUT2D eigenvalue weighted by Gasteiger charge is -2.09. The lowest BCUT2D eigenvalue weighted by Crippen LogP contribution is -2.04. The zero-order valence-electron chi connectivity index (χ0n) is 11.9. The van der Waals surface area contributed by atoms with Gasteiger partial charge < -0.3 is 9.47 Å². The number of rotatable bonds is 6. The molecule has 1 aromatic heterocycles. The molecule has 0 aliphatic carbocycles. The molecule has 0 unspecified atom stereocenters. The SMILES string of the molecule is CCc1n[nH]c(=S)n1/N=C/c1ccc(OC(F)F)c(OC)c1. The first-order chi connectivity index (χ1) is 10.5. The molecule has 9 heteroatoms. The summed E-state index contributed by atoms with van der Waals surface area (Å²) in [6, 6.07) is 4.51. The highest BCUT2D eigenvalue weighted by atomic mass is 32.1. The maximum atomic E-state index is 12.3. The highest BCUT2D eigenvalue weighted by Gasteiger charge is 2.10. The first-order valence-electron chi connectivity index (χ1n) is 6.38. The van der Waals surface area contributed by atoms with E-state index in [-0.39, 0.29) is 11.5 Å².